The van der Waals surface area contributed by atoms with E-state index in [1.54, 1.807) is 12.1 Å². The second-order valence-corrected chi connectivity index (χ2v) is 4.81. The standard InChI is InChI=1S/C14H17NO5/c1-9-6-15(7-10(8-16)20-9)13(17)11-4-2-3-5-12(11)14(18)19/h2-5,9-10,16H,6-8H2,1H3,(H,18,19). The first kappa shape index (κ1) is 14.5. The molecule has 0 aliphatic carbocycles. The number of hydrogen-bond donors (Lipinski definition) is 2. The zero-order chi connectivity index (χ0) is 14.7. The van der Waals surface area contributed by atoms with Crippen LogP contribution in [-0.2, 0) is 4.74 Å². The molecule has 1 amide bonds. The minimum Gasteiger partial charge on any atom is -0.478 e. The molecule has 0 radical (unpaired) electrons. The molecule has 6 nitrogen and oxygen atoms in total. The van der Waals surface area contributed by atoms with E-state index in [9.17, 15) is 9.59 Å². The molecule has 1 aliphatic rings. The highest BCUT2D eigenvalue weighted by Gasteiger charge is 2.30. The van der Waals surface area contributed by atoms with Gasteiger partial charge in [-0.2, -0.15) is 0 Å². The van der Waals surface area contributed by atoms with Gasteiger partial charge in [0.1, 0.15) is 0 Å². The van der Waals surface area contributed by atoms with Gasteiger partial charge < -0.3 is 19.8 Å². The molecule has 1 aliphatic heterocycles. The number of carbonyl (C=O) groups excluding carboxylic acids is 1. The van der Waals surface area contributed by atoms with Crippen LogP contribution in [-0.4, -0.2) is 58.9 Å². The summed E-state index contributed by atoms with van der Waals surface area (Å²) >= 11 is 0. The highest BCUT2D eigenvalue weighted by atomic mass is 16.5. The summed E-state index contributed by atoms with van der Waals surface area (Å²) in [5.74, 6) is -1.48. The lowest BCUT2D eigenvalue weighted by molar-refractivity contribution is -0.0858. The van der Waals surface area contributed by atoms with Crippen molar-refractivity contribution < 1.29 is 24.5 Å². The molecule has 0 bridgehead atoms. The molecule has 2 unspecified atom stereocenters. The summed E-state index contributed by atoms with van der Waals surface area (Å²) in [6.07, 6.45) is -0.624. The fraction of sp³-hybridized carbons (Fsp3) is 0.429. The zero-order valence-corrected chi connectivity index (χ0v) is 11.2. The summed E-state index contributed by atoms with van der Waals surface area (Å²) in [5.41, 5.74) is 0.142. The molecule has 1 aromatic rings. The quantitative estimate of drug-likeness (QED) is 0.846. The van der Waals surface area contributed by atoms with Crippen LogP contribution in [0.4, 0.5) is 0 Å². The highest BCUT2D eigenvalue weighted by Crippen LogP contribution is 2.17. The first-order valence-corrected chi connectivity index (χ1v) is 6.40. The van der Waals surface area contributed by atoms with Gasteiger partial charge >= 0.3 is 5.97 Å². The molecule has 2 N–H and O–H groups in total. The third-order valence-corrected chi connectivity index (χ3v) is 3.21. The summed E-state index contributed by atoms with van der Waals surface area (Å²) in [4.78, 5) is 25.1. The lowest BCUT2D eigenvalue weighted by Crippen LogP contribution is -2.50. The first-order valence-electron chi connectivity index (χ1n) is 6.40. The van der Waals surface area contributed by atoms with Gasteiger partial charge in [-0.05, 0) is 19.1 Å². The molecular formula is C14H17NO5. The van der Waals surface area contributed by atoms with Gasteiger partial charge in [-0.25, -0.2) is 4.79 Å². The van der Waals surface area contributed by atoms with Crippen LogP contribution in [0.1, 0.15) is 27.6 Å². The summed E-state index contributed by atoms with van der Waals surface area (Å²) < 4.78 is 5.47. The minimum absolute atomic E-state index is 0.0165. The molecule has 2 rings (SSSR count). The summed E-state index contributed by atoms with van der Waals surface area (Å²) in [6.45, 7) is 2.27. The predicted octanol–water partition coefficient (Wildman–Crippen LogP) is 0.607. The number of aliphatic hydroxyl groups excluding tert-OH is 1. The smallest absolute Gasteiger partial charge is 0.336 e. The first-order chi connectivity index (χ1) is 9.52. The van der Waals surface area contributed by atoms with Gasteiger partial charge in [0.25, 0.3) is 5.91 Å². The topological polar surface area (TPSA) is 87.1 Å². The van der Waals surface area contributed by atoms with Crippen molar-refractivity contribution in [2.75, 3.05) is 19.7 Å². The van der Waals surface area contributed by atoms with Crippen molar-refractivity contribution in [3.05, 3.63) is 35.4 Å². The van der Waals surface area contributed by atoms with Gasteiger partial charge in [-0.15, -0.1) is 0 Å². The van der Waals surface area contributed by atoms with Crippen molar-refractivity contribution in [2.45, 2.75) is 19.1 Å². The highest BCUT2D eigenvalue weighted by molar-refractivity contribution is 6.04. The molecule has 1 aromatic carbocycles. The maximum atomic E-state index is 12.5. The number of aliphatic hydroxyl groups is 1. The number of rotatable bonds is 3. The van der Waals surface area contributed by atoms with E-state index in [1.807, 2.05) is 6.92 Å². The SMILES string of the molecule is CC1CN(C(=O)c2ccccc2C(=O)O)CC(CO)O1. The molecule has 2 atom stereocenters. The number of benzene rings is 1. The Bertz CT molecular complexity index is 516. The van der Waals surface area contributed by atoms with Crippen molar-refractivity contribution in [1.29, 1.82) is 0 Å². The molecule has 0 saturated carbocycles. The van der Waals surface area contributed by atoms with Crippen LogP contribution in [0.3, 0.4) is 0 Å². The number of ether oxygens (including phenoxy) is 1. The van der Waals surface area contributed by atoms with Gasteiger partial charge in [0.05, 0.1) is 29.9 Å². The van der Waals surface area contributed by atoms with E-state index in [0.29, 0.717) is 6.54 Å². The number of nitrogens with zero attached hydrogens (tertiary/aromatic N) is 1. The van der Waals surface area contributed by atoms with E-state index < -0.39 is 12.1 Å². The van der Waals surface area contributed by atoms with Gasteiger partial charge in [0.15, 0.2) is 0 Å². The van der Waals surface area contributed by atoms with E-state index in [0.717, 1.165) is 0 Å². The monoisotopic (exact) mass is 279 g/mol. The fourth-order valence-electron chi connectivity index (χ4n) is 2.34. The van der Waals surface area contributed by atoms with Crippen molar-refractivity contribution in [3.63, 3.8) is 0 Å². The average molecular weight is 279 g/mol. The molecule has 108 valence electrons. The van der Waals surface area contributed by atoms with Crippen LogP contribution >= 0.6 is 0 Å². The van der Waals surface area contributed by atoms with Crippen molar-refractivity contribution in [2.24, 2.45) is 0 Å². The Kier molecular flexibility index (Phi) is 4.36. The van der Waals surface area contributed by atoms with Crippen LogP contribution in [0.5, 0.6) is 0 Å². The number of amides is 1. The average Bonchev–Trinajstić information content (AvgIpc) is 2.45. The second kappa shape index (κ2) is 6.02. The van der Waals surface area contributed by atoms with Crippen LogP contribution in [0.2, 0.25) is 0 Å². The number of morpholine rings is 1. The van der Waals surface area contributed by atoms with E-state index in [4.69, 9.17) is 14.9 Å². The number of carboxylic acids is 1. The molecule has 1 saturated heterocycles. The second-order valence-electron chi connectivity index (χ2n) is 4.81. The Hall–Kier alpha value is -1.92. The van der Waals surface area contributed by atoms with Gasteiger partial charge in [0.2, 0.25) is 0 Å². The third-order valence-electron chi connectivity index (χ3n) is 3.21. The third kappa shape index (κ3) is 2.97. The van der Waals surface area contributed by atoms with E-state index in [2.05, 4.69) is 0 Å². The molecule has 0 aromatic heterocycles. The van der Waals surface area contributed by atoms with E-state index >= 15 is 0 Å². The lowest BCUT2D eigenvalue weighted by Gasteiger charge is -2.36. The maximum absolute atomic E-state index is 12.5. The van der Waals surface area contributed by atoms with Gasteiger partial charge in [-0.1, -0.05) is 12.1 Å². The number of aromatic carboxylic acids is 1. The van der Waals surface area contributed by atoms with Crippen molar-refractivity contribution in [1.82, 2.24) is 4.90 Å². The molecule has 1 fully saturated rings. The molecule has 0 spiro atoms. The van der Waals surface area contributed by atoms with E-state index in [1.165, 1.54) is 17.0 Å². The number of carbonyl (C=O) groups is 2. The number of hydrogen-bond acceptors (Lipinski definition) is 4. The lowest BCUT2D eigenvalue weighted by atomic mass is 10.1. The maximum Gasteiger partial charge on any atom is 0.336 e. The molecule has 20 heavy (non-hydrogen) atoms. The minimum atomic E-state index is -1.13. The Morgan fingerprint density at radius 1 is 1.30 bits per heavy atom. The zero-order valence-electron chi connectivity index (χ0n) is 11.2. The summed E-state index contributed by atoms with van der Waals surface area (Å²) in [6, 6.07) is 6.12. The van der Waals surface area contributed by atoms with Crippen LogP contribution in [0.15, 0.2) is 24.3 Å². The van der Waals surface area contributed by atoms with Crippen molar-refractivity contribution >= 4 is 11.9 Å². The van der Waals surface area contributed by atoms with Crippen LogP contribution in [0, 0.1) is 0 Å². The Morgan fingerprint density at radius 2 is 1.95 bits per heavy atom. The number of carboxylic acid groups (broad SMARTS) is 1. The predicted molar refractivity (Wildman–Crippen MR) is 70.7 cm³/mol. The normalized spacial score (nSPS) is 22.6. The molecular weight excluding hydrogens is 262 g/mol. The van der Waals surface area contributed by atoms with Gasteiger partial charge in [0, 0.05) is 13.1 Å². The van der Waals surface area contributed by atoms with E-state index in [-0.39, 0.29) is 36.3 Å². The van der Waals surface area contributed by atoms with Crippen LogP contribution < -0.4 is 0 Å². The van der Waals surface area contributed by atoms with Crippen molar-refractivity contribution in [3.8, 4) is 0 Å². The Balaban J connectivity index is 2.25. The summed E-state index contributed by atoms with van der Waals surface area (Å²) in [5, 5.41) is 18.3. The molecule has 6 heteroatoms. The Morgan fingerprint density at radius 3 is 2.55 bits per heavy atom. The Labute approximate surface area is 116 Å². The largest absolute Gasteiger partial charge is 0.478 e. The van der Waals surface area contributed by atoms with Gasteiger partial charge in [-0.3, -0.25) is 4.79 Å². The molecule has 1 heterocycles. The summed E-state index contributed by atoms with van der Waals surface area (Å²) in [7, 11) is 0. The fourth-order valence-corrected chi connectivity index (χ4v) is 2.34. The van der Waals surface area contributed by atoms with Crippen LogP contribution in [0.25, 0.3) is 0 Å².